The fraction of sp³-hybridized carbons (Fsp3) is 0.353. The monoisotopic (exact) mass is 325 g/mol. The van der Waals surface area contributed by atoms with Crippen LogP contribution in [-0.2, 0) is 16.6 Å². The molecule has 2 atom stereocenters. The summed E-state index contributed by atoms with van der Waals surface area (Å²) in [5, 5.41) is 3.00. The predicted molar refractivity (Wildman–Crippen MR) is 88.4 cm³/mol. The summed E-state index contributed by atoms with van der Waals surface area (Å²) >= 11 is 0. The number of carbonyl (C=O) groups excluding carboxylic acids is 1. The molecule has 0 aliphatic carbocycles. The average Bonchev–Trinajstić information content (AvgIpc) is 3.23. The van der Waals surface area contributed by atoms with Gasteiger partial charge < -0.3 is 19.0 Å². The van der Waals surface area contributed by atoms with E-state index in [0.717, 1.165) is 30.0 Å². The number of nitrogens with one attached hydrogen (secondary N) is 1. The average molecular weight is 325 g/mol. The van der Waals surface area contributed by atoms with E-state index in [1.165, 1.54) is 0 Å². The topological polar surface area (TPSA) is 73.5 Å². The predicted octanol–water partition coefficient (Wildman–Crippen LogP) is 2.17. The third-order valence-electron chi connectivity index (χ3n) is 4.44. The molecule has 0 aromatic carbocycles. The molecule has 1 aliphatic heterocycles. The first-order valence-electron chi connectivity index (χ1n) is 8.05. The van der Waals surface area contributed by atoms with Gasteiger partial charge in [0.2, 0.25) is 5.91 Å². The molecule has 124 valence electrons. The number of ether oxygens (including phenoxy) is 1. The number of carbonyl (C=O) groups is 1. The number of amides is 1. The fourth-order valence-corrected chi connectivity index (χ4v) is 3.18. The molecule has 0 bridgehead atoms. The molecular formula is C17H19N5O2. The van der Waals surface area contributed by atoms with Gasteiger partial charge in [-0.1, -0.05) is 0 Å². The first-order chi connectivity index (χ1) is 11.7. The first-order valence-corrected chi connectivity index (χ1v) is 8.05. The van der Waals surface area contributed by atoms with Crippen molar-refractivity contribution in [3.05, 3.63) is 48.9 Å². The van der Waals surface area contributed by atoms with Crippen LogP contribution in [0.4, 0.5) is 5.69 Å². The smallest absolute Gasteiger partial charge is 0.230 e. The number of nitrogens with zero attached hydrogens (tertiary/aromatic N) is 4. The Hall–Kier alpha value is -2.67. The molecule has 0 unspecified atom stereocenters. The van der Waals surface area contributed by atoms with Crippen molar-refractivity contribution in [1.82, 2.24) is 18.9 Å². The highest BCUT2D eigenvalue weighted by Gasteiger charge is 2.35. The maximum atomic E-state index is 12.8. The molecule has 0 radical (unpaired) electrons. The van der Waals surface area contributed by atoms with Gasteiger partial charge in [-0.3, -0.25) is 4.79 Å². The van der Waals surface area contributed by atoms with Gasteiger partial charge in [0.05, 0.1) is 5.92 Å². The zero-order chi connectivity index (χ0) is 16.5. The molecular weight excluding hydrogens is 306 g/mol. The van der Waals surface area contributed by atoms with Gasteiger partial charge >= 0.3 is 0 Å². The standard InChI is InChI=1S/C17H19N5O2/c1-21-8-5-19-16(21)15-13(3-2-10-24-15)17(23)20-12-4-7-22-9-6-18-14(22)11-12/h4-9,11,13,15H,2-3,10H2,1H3,(H,20,23)/t13-,15-/m1/s1. The lowest BCUT2D eigenvalue weighted by Gasteiger charge is -2.30. The molecule has 7 heteroatoms. The Labute approximate surface area is 139 Å². The molecule has 0 spiro atoms. The zero-order valence-corrected chi connectivity index (χ0v) is 13.4. The molecule has 7 nitrogen and oxygen atoms in total. The van der Waals surface area contributed by atoms with Gasteiger partial charge in [0.25, 0.3) is 0 Å². The van der Waals surface area contributed by atoms with Crippen molar-refractivity contribution >= 4 is 17.2 Å². The van der Waals surface area contributed by atoms with E-state index in [1.807, 2.05) is 46.7 Å². The molecule has 1 fully saturated rings. The van der Waals surface area contributed by atoms with Crippen molar-refractivity contribution in [3.8, 4) is 0 Å². The second-order valence-corrected chi connectivity index (χ2v) is 6.03. The van der Waals surface area contributed by atoms with Crippen molar-refractivity contribution in [2.45, 2.75) is 18.9 Å². The van der Waals surface area contributed by atoms with Gasteiger partial charge in [-0.05, 0) is 18.9 Å². The third kappa shape index (κ3) is 2.67. The Bertz CT molecular complexity index is 869. The van der Waals surface area contributed by atoms with E-state index < -0.39 is 0 Å². The molecule has 1 amide bonds. The number of pyridine rings is 1. The van der Waals surface area contributed by atoms with Crippen molar-refractivity contribution < 1.29 is 9.53 Å². The largest absolute Gasteiger partial charge is 0.369 e. The summed E-state index contributed by atoms with van der Waals surface area (Å²) in [5.41, 5.74) is 1.54. The lowest BCUT2D eigenvalue weighted by molar-refractivity contribution is -0.130. The van der Waals surface area contributed by atoms with E-state index in [1.54, 1.807) is 12.4 Å². The lowest BCUT2D eigenvalue weighted by atomic mass is 9.92. The highest BCUT2D eigenvalue weighted by molar-refractivity contribution is 5.93. The van der Waals surface area contributed by atoms with E-state index in [9.17, 15) is 4.79 Å². The van der Waals surface area contributed by atoms with Crippen LogP contribution in [0.1, 0.15) is 24.8 Å². The van der Waals surface area contributed by atoms with Crippen LogP contribution in [-0.4, -0.2) is 31.4 Å². The summed E-state index contributed by atoms with van der Waals surface area (Å²) in [7, 11) is 1.92. The van der Waals surface area contributed by atoms with Crippen molar-refractivity contribution in [2.24, 2.45) is 13.0 Å². The van der Waals surface area contributed by atoms with Gasteiger partial charge in [0.1, 0.15) is 17.6 Å². The first kappa shape index (κ1) is 14.9. The number of imidazole rings is 2. The lowest BCUT2D eigenvalue weighted by Crippen LogP contribution is -2.34. The molecule has 4 rings (SSSR count). The summed E-state index contributed by atoms with van der Waals surface area (Å²) in [6.07, 6.45) is 10.4. The Kier molecular flexibility index (Phi) is 3.78. The molecule has 1 aliphatic rings. The number of fused-ring (bicyclic) bond motifs is 1. The molecule has 4 heterocycles. The molecule has 1 saturated heterocycles. The van der Waals surface area contributed by atoms with Crippen molar-refractivity contribution in [2.75, 3.05) is 11.9 Å². The van der Waals surface area contributed by atoms with Gasteiger partial charge in [-0.15, -0.1) is 0 Å². The number of aryl methyl sites for hydroxylation is 1. The van der Waals surface area contributed by atoms with Gasteiger partial charge in [-0.25, -0.2) is 9.97 Å². The van der Waals surface area contributed by atoms with Crippen molar-refractivity contribution in [3.63, 3.8) is 0 Å². The molecule has 3 aromatic rings. The normalized spacial score (nSPS) is 21.0. The van der Waals surface area contributed by atoms with Crippen LogP contribution in [0.25, 0.3) is 5.65 Å². The summed E-state index contributed by atoms with van der Waals surface area (Å²) < 4.78 is 9.68. The maximum absolute atomic E-state index is 12.8. The van der Waals surface area contributed by atoms with Crippen LogP contribution in [0, 0.1) is 5.92 Å². The number of rotatable bonds is 3. The second kappa shape index (κ2) is 6.09. The van der Waals surface area contributed by atoms with E-state index in [2.05, 4.69) is 15.3 Å². The van der Waals surface area contributed by atoms with E-state index in [0.29, 0.717) is 6.61 Å². The quantitative estimate of drug-likeness (QED) is 0.801. The summed E-state index contributed by atoms with van der Waals surface area (Å²) in [4.78, 5) is 21.4. The van der Waals surface area contributed by atoms with Crippen LogP contribution < -0.4 is 5.32 Å². The minimum Gasteiger partial charge on any atom is -0.369 e. The van der Waals surface area contributed by atoms with Crippen LogP contribution in [0.2, 0.25) is 0 Å². The van der Waals surface area contributed by atoms with Crippen LogP contribution in [0.3, 0.4) is 0 Å². The van der Waals surface area contributed by atoms with Crippen LogP contribution in [0.5, 0.6) is 0 Å². The molecule has 1 N–H and O–H groups in total. The van der Waals surface area contributed by atoms with Gasteiger partial charge in [-0.2, -0.15) is 0 Å². The van der Waals surface area contributed by atoms with Crippen LogP contribution >= 0.6 is 0 Å². The highest BCUT2D eigenvalue weighted by atomic mass is 16.5. The number of hydrogen-bond acceptors (Lipinski definition) is 4. The fourth-order valence-electron chi connectivity index (χ4n) is 3.18. The van der Waals surface area contributed by atoms with E-state index >= 15 is 0 Å². The van der Waals surface area contributed by atoms with Gasteiger partial charge in [0, 0.05) is 56.4 Å². The SMILES string of the molecule is Cn1ccnc1[C@@H]1OCCC[C@H]1C(=O)Nc1ccn2ccnc2c1. The Balaban J connectivity index is 1.56. The molecule has 3 aromatic heterocycles. The number of hydrogen-bond donors (Lipinski definition) is 1. The van der Waals surface area contributed by atoms with E-state index in [-0.39, 0.29) is 17.9 Å². The zero-order valence-electron chi connectivity index (χ0n) is 13.4. The van der Waals surface area contributed by atoms with E-state index in [4.69, 9.17) is 4.74 Å². The molecule has 0 saturated carbocycles. The Morgan fingerprint density at radius 1 is 1.29 bits per heavy atom. The Morgan fingerprint density at radius 3 is 3.00 bits per heavy atom. The Morgan fingerprint density at radius 2 is 2.17 bits per heavy atom. The molecule has 24 heavy (non-hydrogen) atoms. The van der Waals surface area contributed by atoms with Gasteiger partial charge in [0.15, 0.2) is 0 Å². The number of aromatic nitrogens is 4. The minimum atomic E-state index is -0.311. The van der Waals surface area contributed by atoms with Crippen LogP contribution in [0.15, 0.2) is 43.1 Å². The summed E-state index contributed by atoms with van der Waals surface area (Å²) in [5.74, 6) is 0.494. The third-order valence-corrected chi connectivity index (χ3v) is 4.44. The number of anilines is 1. The summed E-state index contributed by atoms with van der Waals surface area (Å²) in [6, 6.07) is 3.73. The second-order valence-electron chi connectivity index (χ2n) is 6.03. The summed E-state index contributed by atoms with van der Waals surface area (Å²) in [6.45, 7) is 0.654. The minimum absolute atomic E-state index is 0.0430. The maximum Gasteiger partial charge on any atom is 0.230 e. The highest BCUT2D eigenvalue weighted by Crippen LogP contribution is 2.33. The van der Waals surface area contributed by atoms with Crippen molar-refractivity contribution in [1.29, 1.82) is 0 Å².